The fourth-order valence-corrected chi connectivity index (χ4v) is 5.19. The number of rotatable bonds is 8. The van der Waals surface area contributed by atoms with E-state index in [4.69, 9.17) is 4.74 Å². The number of aryl methyl sites for hydroxylation is 2. The molecule has 0 bridgehead atoms. The monoisotopic (exact) mass is 545 g/mol. The van der Waals surface area contributed by atoms with Crippen molar-refractivity contribution in [2.75, 3.05) is 13.2 Å². The van der Waals surface area contributed by atoms with E-state index in [0.717, 1.165) is 22.5 Å². The molecule has 1 aliphatic heterocycles. The second kappa shape index (κ2) is 10.9. The summed E-state index contributed by atoms with van der Waals surface area (Å²) in [4.78, 5) is 24.5. The van der Waals surface area contributed by atoms with Crippen molar-refractivity contribution in [2.45, 2.75) is 53.3 Å². The van der Waals surface area contributed by atoms with Gasteiger partial charge >= 0.3 is 6.55 Å². The maximum Gasteiger partial charge on any atom is 0.333 e. The van der Waals surface area contributed by atoms with Gasteiger partial charge in [-0.05, 0) is 62.9 Å². The lowest BCUT2D eigenvalue weighted by Gasteiger charge is -2.34. The molecule has 1 atom stereocenters. The number of carbonyl (C=O) groups is 1. The predicted octanol–water partition coefficient (Wildman–Crippen LogP) is 5.23. The minimum atomic E-state index is -2.76. The summed E-state index contributed by atoms with van der Waals surface area (Å²) in [5, 5.41) is 13.4. The summed E-state index contributed by atoms with van der Waals surface area (Å²) in [6.07, 6.45) is 6.90. The molecule has 4 aromatic rings. The highest BCUT2D eigenvalue weighted by molar-refractivity contribution is 5.99. The van der Waals surface area contributed by atoms with E-state index < -0.39 is 6.55 Å². The molecule has 3 aromatic heterocycles. The molecule has 0 N–H and O–H groups in total. The van der Waals surface area contributed by atoms with Crippen LogP contribution in [0.5, 0.6) is 5.75 Å². The summed E-state index contributed by atoms with van der Waals surface area (Å²) < 4.78 is 35.2. The standard InChI is InChI=1S/C29H29F2N7O2/c1-5-40-27-12-26(34-14-21(27)13-32)18(3)37-8-6-22-23(25-16-38(29(30)31)35-17(25)2)10-20(11-24(22)28(37)39)15-36-9-7-33-19(36)4/h7,9-12,14,16,18,29H,5-6,8,15H2,1-4H3/t18-/m0/s1. The fraction of sp³-hybridized carbons (Fsp3) is 0.345. The summed E-state index contributed by atoms with van der Waals surface area (Å²) >= 11 is 0. The van der Waals surface area contributed by atoms with Gasteiger partial charge in [0, 0.05) is 55.1 Å². The van der Waals surface area contributed by atoms with Crippen molar-refractivity contribution < 1.29 is 18.3 Å². The van der Waals surface area contributed by atoms with E-state index in [0.29, 0.717) is 64.6 Å². The number of ether oxygens (including phenoxy) is 1. The molecule has 0 spiro atoms. The van der Waals surface area contributed by atoms with Gasteiger partial charge in [0.2, 0.25) is 0 Å². The molecular formula is C29H29F2N7O2. The van der Waals surface area contributed by atoms with Gasteiger partial charge < -0.3 is 14.2 Å². The van der Waals surface area contributed by atoms with E-state index in [-0.39, 0.29) is 11.9 Å². The Bertz CT molecular complexity index is 1620. The number of nitriles is 1. The Hall–Kier alpha value is -4.59. The Morgan fingerprint density at radius 1 is 1.15 bits per heavy atom. The van der Waals surface area contributed by atoms with Crippen LogP contribution in [0.3, 0.4) is 0 Å². The van der Waals surface area contributed by atoms with Crippen molar-refractivity contribution in [3.8, 4) is 22.9 Å². The molecule has 0 saturated carbocycles. The zero-order valence-corrected chi connectivity index (χ0v) is 22.7. The number of hydrogen-bond acceptors (Lipinski definition) is 6. The molecule has 5 rings (SSSR count). The zero-order chi connectivity index (χ0) is 28.6. The highest BCUT2D eigenvalue weighted by Crippen LogP contribution is 2.37. The van der Waals surface area contributed by atoms with Crippen LogP contribution in [0.15, 0.2) is 43.0 Å². The first-order chi connectivity index (χ1) is 19.2. The number of carbonyl (C=O) groups excluding carboxylic acids is 1. The van der Waals surface area contributed by atoms with E-state index in [1.807, 2.05) is 43.7 Å². The fourth-order valence-electron chi connectivity index (χ4n) is 5.19. The summed E-state index contributed by atoms with van der Waals surface area (Å²) in [7, 11) is 0. The molecule has 0 unspecified atom stereocenters. The van der Waals surface area contributed by atoms with Crippen molar-refractivity contribution in [1.82, 2.24) is 29.2 Å². The third-order valence-electron chi connectivity index (χ3n) is 7.29. The van der Waals surface area contributed by atoms with Gasteiger partial charge in [0.1, 0.15) is 23.2 Å². The average molecular weight is 546 g/mol. The summed E-state index contributed by atoms with van der Waals surface area (Å²) in [6, 6.07) is 7.24. The van der Waals surface area contributed by atoms with Crippen LogP contribution in [-0.2, 0) is 13.0 Å². The zero-order valence-electron chi connectivity index (χ0n) is 22.7. The van der Waals surface area contributed by atoms with Crippen molar-refractivity contribution in [2.24, 2.45) is 0 Å². The van der Waals surface area contributed by atoms with Crippen molar-refractivity contribution in [1.29, 1.82) is 5.26 Å². The quantitative estimate of drug-likeness (QED) is 0.300. The number of pyridine rings is 1. The average Bonchev–Trinajstić information content (AvgIpc) is 3.53. The first-order valence-corrected chi connectivity index (χ1v) is 13.0. The van der Waals surface area contributed by atoms with Crippen LogP contribution in [0.1, 0.15) is 70.7 Å². The molecule has 40 heavy (non-hydrogen) atoms. The molecule has 9 nitrogen and oxygen atoms in total. The van der Waals surface area contributed by atoms with E-state index in [1.165, 1.54) is 12.4 Å². The van der Waals surface area contributed by atoms with Gasteiger partial charge in [-0.25, -0.2) is 9.67 Å². The van der Waals surface area contributed by atoms with E-state index >= 15 is 0 Å². The Labute approximate surface area is 230 Å². The molecule has 206 valence electrons. The number of amides is 1. The number of alkyl halides is 2. The van der Waals surface area contributed by atoms with Gasteiger partial charge in [0.05, 0.1) is 24.0 Å². The Balaban J connectivity index is 1.57. The van der Waals surface area contributed by atoms with Crippen LogP contribution in [0.25, 0.3) is 11.1 Å². The van der Waals surface area contributed by atoms with Crippen molar-refractivity contribution in [3.63, 3.8) is 0 Å². The number of imidazole rings is 1. The van der Waals surface area contributed by atoms with Gasteiger partial charge in [0.25, 0.3) is 5.91 Å². The number of benzene rings is 1. The summed E-state index contributed by atoms with van der Waals surface area (Å²) in [6.45, 7) is 5.82. The Morgan fingerprint density at radius 2 is 1.93 bits per heavy atom. The predicted molar refractivity (Wildman–Crippen MR) is 143 cm³/mol. The molecule has 1 aromatic carbocycles. The molecule has 0 radical (unpaired) electrons. The van der Waals surface area contributed by atoms with Crippen molar-refractivity contribution >= 4 is 5.91 Å². The number of aromatic nitrogens is 5. The first-order valence-electron chi connectivity index (χ1n) is 13.0. The lowest BCUT2D eigenvalue weighted by Crippen LogP contribution is -2.40. The SMILES string of the molecule is CCOc1cc([C@H](C)N2CCc3c(cc(Cn4ccnc4C)cc3-c3cn(C(F)F)nc3C)C2=O)ncc1C#N. The maximum absolute atomic E-state index is 14.0. The minimum Gasteiger partial charge on any atom is -0.492 e. The minimum absolute atomic E-state index is 0.178. The van der Waals surface area contributed by atoms with E-state index in [1.54, 1.807) is 24.1 Å². The smallest absolute Gasteiger partial charge is 0.333 e. The van der Waals surface area contributed by atoms with E-state index in [2.05, 4.69) is 21.1 Å². The third kappa shape index (κ3) is 4.93. The van der Waals surface area contributed by atoms with Gasteiger partial charge in [-0.1, -0.05) is 0 Å². The number of nitrogens with zero attached hydrogens (tertiary/aromatic N) is 7. The van der Waals surface area contributed by atoms with Crippen LogP contribution in [0.4, 0.5) is 8.78 Å². The molecular weight excluding hydrogens is 516 g/mol. The van der Waals surface area contributed by atoms with Gasteiger partial charge in [0.15, 0.2) is 0 Å². The van der Waals surface area contributed by atoms with Crippen LogP contribution < -0.4 is 4.74 Å². The second-order valence-electron chi connectivity index (χ2n) is 9.73. The summed E-state index contributed by atoms with van der Waals surface area (Å²) in [5.74, 6) is 1.07. The molecule has 4 heterocycles. The second-order valence-corrected chi connectivity index (χ2v) is 9.73. The largest absolute Gasteiger partial charge is 0.492 e. The van der Waals surface area contributed by atoms with Crippen LogP contribution in [0.2, 0.25) is 0 Å². The highest BCUT2D eigenvalue weighted by Gasteiger charge is 2.32. The number of fused-ring (bicyclic) bond motifs is 1. The Kier molecular flexibility index (Phi) is 7.34. The Morgan fingerprint density at radius 3 is 2.58 bits per heavy atom. The number of halogens is 2. The van der Waals surface area contributed by atoms with Gasteiger partial charge in [-0.15, -0.1) is 0 Å². The normalized spacial score (nSPS) is 13.8. The van der Waals surface area contributed by atoms with Crippen molar-refractivity contribution in [3.05, 3.63) is 82.5 Å². The van der Waals surface area contributed by atoms with Crippen LogP contribution >= 0.6 is 0 Å². The topological polar surface area (TPSA) is 102 Å². The highest BCUT2D eigenvalue weighted by atomic mass is 19.3. The van der Waals surface area contributed by atoms with Crippen LogP contribution in [-0.4, -0.2) is 48.3 Å². The van der Waals surface area contributed by atoms with Gasteiger partial charge in [-0.3, -0.25) is 9.78 Å². The first kappa shape index (κ1) is 27.0. The molecule has 0 saturated heterocycles. The van der Waals surface area contributed by atoms with Gasteiger partial charge in [-0.2, -0.15) is 19.1 Å². The number of hydrogen-bond donors (Lipinski definition) is 0. The third-order valence-corrected chi connectivity index (χ3v) is 7.29. The van der Waals surface area contributed by atoms with E-state index in [9.17, 15) is 18.8 Å². The lowest BCUT2D eigenvalue weighted by atomic mass is 9.87. The molecule has 0 aliphatic carbocycles. The molecule has 0 fully saturated rings. The maximum atomic E-state index is 14.0. The lowest BCUT2D eigenvalue weighted by molar-refractivity contribution is 0.0563. The molecule has 11 heteroatoms. The van der Waals surface area contributed by atoms with Crippen LogP contribution in [0, 0.1) is 25.2 Å². The summed E-state index contributed by atoms with van der Waals surface area (Å²) in [5.41, 5.74) is 4.88. The molecule has 1 amide bonds. The molecule has 1 aliphatic rings.